The van der Waals surface area contributed by atoms with Crippen molar-refractivity contribution in [1.29, 1.82) is 0 Å². The number of rotatable bonds is 5. The molecule has 0 bridgehead atoms. The molecule has 1 unspecified atom stereocenters. The summed E-state index contributed by atoms with van der Waals surface area (Å²) in [4.78, 5) is 19.2. The van der Waals surface area contributed by atoms with Gasteiger partial charge in [0.1, 0.15) is 17.6 Å². The second kappa shape index (κ2) is 6.72. The summed E-state index contributed by atoms with van der Waals surface area (Å²) < 4.78 is 10.8. The van der Waals surface area contributed by atoms with E-state index < -0.39 is 12.1 Å². The zero-order valence-corrected chi connectivity index (χ0v) is 13.4. The molecular formula is C17H12ClN2O4-. The second-order valence-corrected chi connectivity index (χ2v) is 5.43. The Labute approximate surface area is 142 Å². The van der Waals surface area contributed by atoms with Gasteiger partial charge in [-0.25, -0.2) is 9.97 Å². The standard InChI is InChI=1S/C17H13ClN2O4/c1-10(17(21)22)23-12-3-5-13(6-4-12)24-16-9-19-15-8-11(18)2-7-14(15)20-16/h2-10H,1H3,(H,21,22)/p-1. The van der Waals surface area contributed by atoms with Crippen LogP contribution in [0.3, 0.4) is 0 Å². The number of benzene rings is 2. The van der Waals surface area contributed by atoms with Gasteiger partial charge in [-0.3, -0.25) is 0 Å². The molecule has 0 spiro atoms. The molecule has 24 heavy (non-hydrogen) atoms. The van der Waals surface area contributed by atoms with Crippen molar-refractivity contribution in [2.75, 3.05) is 0 Å². The van der Waals surface area contributed by atoms with Crippen LogP contribution < -0.4 is 14.6 Å². The molecule has 1 atom stereocenters. The minimum Gasteiger partial charge on any atom is -0.546 e. The van der Waals surface area contributed by atoms with Gasteiger partial charge < -0.3 is 19.4 Å². The smallest absolute Gasteiger partial charge is 0.238 e. The lowest BCUT2D eigenvalue weighted by Crippen LogP contribution is -2.37. The summed E-state index contributed by atoms with van der Waals surface area (Å²) in [6.45, 7) is 1.40. The molecule has 6 nitrogen and oxygen atoms in total. The Bertz CT molecular complexity index is 883. The van der Waals surface area contributed by atoms with Crippen LogP contribution in [0.5, 0.6) is 17.4 Å². The number of carboxylic acids is 1. The van der Waals surface area contributed by atoms with E-state index in [1.807, 2.05) is 0 Å². The Balaban J connectivity index is 1.74. The van der Waals surface area contributed by atoms with Gasteiger partial charge in [-0.2, -0.15) is 0 Å². The van der Waals surface area contributed by atoms with Crippen molar-refractivity contribution in [3.05, 3.63) is 53.7 Å². The van der Waals surface area contributed by atoms with Crippen LogP contribution in [0.2, 0.25) is 5.02 Å². The normalized spacial score (nSPS) is 11.9. The monoisotopic (exact) mass is 343 g/mol. The van der Waals surface area contributed by atoms with Crippen molar-refractivity contribution in [3.8, 4) is 17.4 Å². The summed E-state index contributed by atoms with van der Waals surface area (Å²) >= 11 is 5.91. The number of aromatic nitrogens is 2. The molecule has 1 heterocycles. The van der Waals surface area contributed by atoms with Gasteiger partial charge in [0, 0.05) is 5.02 Å². The third-order valence-electron chi connectivity index (χ3n) is 3.17. The highest BCUT2D eigenvalue weighted by Gasteiger charge is 2.06. The van der Waals surface area contributed by atoms with Crippen molar-refractivity contribution in [2.24, 2.45) is 0 Å². The number of halogens is 1. The van der Waals surface area contributed by atoms with E-state index in [9.17, 15) is 9.90 Å². The molecule has 3 rings (SSSR count). The topological polar surface area (TPSA) is 84.4 Å². The predicted octanol–water partition coefficient (Wildman–Crippen LogP) is 2.59. The minimum atomic E-state index is -1.28. The van der Waals surface area contributed by atoms with E-state index in [2.05, 4.69) is 9.97 Å². The average molecular weight is 344 g/mol. The van der Waals surface area contributed by atoms with Crippen LogP contribution in [0.25, 0.3) is 11.0 Å². The first-order valence-electron chi connectivity index (χ1n) is 7.09. The van der Waals surface area contributed by atoms with E-state index in [4.69, 9.17) is 21.1 Å². The zero-order chi connectivity index (χ0) is 17.1. The van der Waals surface area contributed by atoms with Gasteiger partial charge >= 0.3 is 0 Å². The molecule has 122 valence electrons. The summed E-state index contributed by atoms with van der Waals surface area (Å²) in [6.07, 6.45) is 0.469. The highest BCUT2D eigenvalue weighted by atomic mass is 35.5. The third-order valence-corrected chi connectivity index (χ3v) is 3.41. The number of carboxylic acid groups (broad SMARTS) is 1. The first-order valence-corrected chi connectivity index (χ1v) is 7.47. The fraction of sp³-hybridized carbons (Fsp3) is 0.118. The summed E-state index contributed by atoms with van der Waals surface area (Å²) in [5, 5.41) is 11.2. The van der Waals surface area contributed by atoms with E-state index in [0.717, 1.165) is 0 Å². The molecular weight excluding hydrogens is 332 g/mol. The largest absolute Gasteiger partial charge is 0.546 e. The van der Waals surface area contributed by atoms with Gasteiger partial charge in [-0.05, 0) is 49.4 Å². The molecule has 7 heteroatoms. The molecule has 0 saturated carbocycles. The number of carbonyl (C=O) groups excluding carboxylic acids is 1. The van der Waals surface area contributed by atoms with E-state index in [1.54, 1.807) is 42.5 Å². The Morgan fingerprint density at radius 1 is 1.12 bits per heavy atom. The van der Waals surface area contributed by atoms with Crippen LogP contribution >= 0.6 is 11.6 Å². The number of hydrogen-bond donors (Lipinski definition) is 0. The maximum Gasteiger partial charge on any atom is 0.238 e. The van der Waals surface area contributed by atoms with Crippen LogP contribution in [-0.2, 0) is 4.79 Å². The maximum atomic E-state index is 10.7. The van der Waals surface area contributed by atoms with Crippen molar-refractivity contribution < 1.29 is 19.4 Å². The molecule has 3 aromatic rings. The van der Waals surface area contributed by atoms with Gasteiger partial charge in [0.25, 0.3) is 0 Å². The molecule has 0 saturated heterocycles. The lowest BCUT2D eigenvalue weighted by atomic mass is 10.3. The van der Waals surface area contributed by atoms with Gasteiger partial charge in [0.2, 0.25) is 5.88 Å². The fourth-order valence-electron chi connectivity index (χ4n) is 1.98. The Morgan fingerprint density at radius 3 is 2.54 bits per heavy atom. The van der Waals surface area contributed by atoms with Crippen molar-refractivity contribution in [2.45, 2.75) is 13.0 Å². The highest BCUT2D eigenvalue weighted by molar-refractivity contribution is 6.31. The number of aliphatic carboxylic acids is 1. The minimum absolute atomic E-state index is 0.335. The van der Waals surface area contributed by atoms with E-state index >= 15 is 0 Å². The summed E-state index contributed by atoms with van der Waals surface area (Å²) in [6, 6.07) is 11.7. The highest BCUT2D eigenvalue weighted by Crippen LogP contribution is 2.24. The number of nitrogens with zero attached hydrogens (tertiary/aromatic N) is 2. The molecule has 0 radical (unpaired) electrons. The van der Waals surface area contributed by atoms with Crippen molar-refractivity contribution in [1.82, 2.24) is 9.97 Å². The Kier molecular flexibility index (Phi) is 4.48. The van der Waals surface area contributed by atoms with Crippen LogP contribution in [0.4, 0.5) is 0 Å². The number of hydrogen-bond acceptors (Lipinski definition) is 6. The van der Waals surface area contributed by atoms with Crippen LogP contribution in [-0.4, -0.2) is 22.0 Å². The van der Waals surface area contributed by atoms with Gasteiger partial charge in [0.05, 0.1) is 23.2 Å². The summed E-state index contributed by atoms with van der Waals surface area (Å²) in [7, 11) is 0. The second-order valence-electron chi connectivity index (χ2n) is 4.99. The van der Waals surface area contributed by atoms with E-state index in [-0.39, 0.29) is 0 Å². The quantitative estimate of drug-likeness (QED) is 0.708. The molecule has 0 fully saturated rings. The summed E-state index contributed by atoms with van der Waals surface area (Å²) in [5.74, 6) is -0.0205. The molecule has 2 aromatic carbocycles. The van der Waals surface area contributed by atoms with Crippen LogP contribution in [0.15, 0.2) is 48.7 Å². The Morgan fingerprint density at radius 2 is 1.83 bits per heavy atom. The Hall–Kier alpha value is -2.86. The van der Waals surface area contributed by atoms with Gasteiger partial charge in [-0.15, -0.1) is 0 Å². The lowest BCUT2D eigenvalue weighted by molar-refractivity contribution is -0.312. The molecule has 0 aliphatic carbocycles. The number of carbonyl (C=O) groups is 1. The molecule has 0 amide bonds. The predicted molar refractivity (Wildman–Crippen MR) is 86.2 cm³/mol. The molecule has 0 aliphatic rings. The zero-order valence-electron chi connectivity index (χ0n) is 12.6. The van der Waals surface area contributed by atoms with Gasteiger partial charge in [-0.1, -0.05) is 11.6 Å². The summed E-state index contributed by atoms with van der Waals surface area (Å²) in [5.41, 5.74) is 1.34. The maximum absolute atomic E-state index is 10.7. The molecule has 1 aromatic heterocycles. The first-order chi connectivity index (χ1) is 11.5. The number of ether oxygens (including phenoxy) is 2. The van der Waals surface area contributed by atoms with Crippen molar-refractivity contribution >= 4 is 28.6 Å². The fourth-order valence-corrected chi connectivity index (χ4v) is 2.14. The third kappa shape index (κ3) is 3.72. The van der Waals surface area contributed by atoms with Crippen LogP contribution in [0, 0.1) is 0 Å². The van der Waals surface area contributed by atoms with E-state index in [1.165, 1.54) is 13.1 Å². The van der Waals surface area contributed by atoms with E-state index in [0.29, 0.717) is 33.4 Å². The van der Waals surface area contributed by atoms with Crippen LogP contribution in [0.1, 0.15) is 6.92 Å². The van der Waals surface area contributed by atoms with Crippen molar-refractivity contribution in [3.63, 3.8) is 0 Å². The lowest BCUT2D eigenvalue weighted by Gasteiger charge is -2.15. The molecule has 0 aliphatic heterocycles. The van der Waals surface area contributed by atoms with Gasteiger partial charge in [0.15, 0.2) is 0 Å². The molecule has 0 N–H and O–H groups in total. The average Bonchev–Trinajstić information content (AvgIpc) is 2.56. The first kappa shape index (κ1) is 16.0. The number of fused-ring (bicyclic) bond motifs is 1. The SMILES string of the molecule is CC(Oc1ccc(Oc2cnc3cc(Cl)ccc3n2)cc1)C(=O)[O-].